The summed E-state index contributed by atoms with van der Waals surface area (Å²) in [5, 5.41) is 14.9. The average Bonchev–Trinajstić information content (AvgIpc) is 2.79. The van der Waals surface area contributed by atoms with Crippen molar-refractivity contribution in [1.82, 2.24) is 5.32 Å². The van der Waals surface area contributed by atoms with Gasteiger partial charge >= 0.3 is 11.9 Å². The summed E-state index contributed by atoms with van der Waals surface area (Å²) in [5.74, 6) is -2.13. The molecule has 1 rings (SSSR count). The van der Waals surface area contributed by atoms with Crippen molar-refractivity contribution in [3.63, 3.8) is 0 Å². The highest BCUT2D eigenvalue weighted by Crippen LogP contribution is 2.14. The molecule has 0 spiro atoms. The zero-order valence-electron chi connectivity index (χ0n) is 10.6. The number of ether oxygens (including phenoxy) is 1. The second kappa shape index (κ2) is 6.89. The number of carboxylic acid groups (broad SMARTS) is 1. The van der Waals surface area contributed by atoms with E-state index in [4.69, 9.17) is 5.11 Å². The Kier molecular flexibility index (Phi) is 5.50. The fourth-order valence-corrected chi connectivity index (χ4v) is 2.28. The molecule has 0 aromatic carbocycles. The summed E-state index contributed by atoms with van der Waals surface area (Å²) in [5.41, 5.74) is 1.24. The number of carboxylic acids is 1. The number of hydrogen-bond donors (Lipinski definition) is 2. The highest BCUT2D eigenvalue weighted by Gasteiger charge is 2.22. The van der Waals surface area contributed by atoms with Gasteiger partial charge in [-0.05, 0) is 24.3 Å². The maximum Gasteiger partial charge on any atom is 0.326 e. The van der Waals surface area contributed by atoms with Crippen LogP contribution >= 0.6 is 11.3 Å². The maximum atomic E-state index is 11.9. The molecule has 1 unspecified atom stereocenters. The predicted octanol–water partition coefficient (Wildman–Crippen LogP) is 1.19. The van der Waals surface area contributed by atoms with Crippen molar-refractivity contribution in [3.8, 4) is 0 Å². The molecule has 0 fully saturated rings. The SMILES string of the molecule is COC(=O)CCC(NC(=O)c1cscc1C)C(=O)O. The largest absolute Gasteiger partial charge is 0.480 e. The second-order valence-corrected chi connectivity index (χ2v) is 4.69. The Bertz CT molecular complexity index is 482. The summed E-state index contributed by atoms with van der Waals surface area (Å²) in [6, 6.07) is -1.11. The van der Waals surface area contributed by atoms with E-state index in [1.807, 2.05) is 0 Å². The molecule has 1 atom stereocenters. The first-order valence-electron chi connectivity index (χ1n) is 5.59. The lowest BCUT2D eigenvalue weighted by atomic mass is 10.1. The van der Waals surface area contributed by atoms with E-state index in [0.717, 1.165) is 5.56 Å². The Morgan fingerprint density at radius 3 is 2.58 bits per heavy atom. The standard InChI is InChI=1S/C12H15NO5S/c1-7-5-19-6-8(7)11(15)13-9(12(16)17)3-4-10(14)18-2/h5-6,9H,3-4H2,1-2H3,(H,13,15)(H,16,17). The number of rotatable bonds is 6. The highest BCUT2D eigenvalue weighted by atomic mass is 32.1. The lowest BCUT2D eigenvalue weighted by Crippen LogP contribution is -2.41. The predicted molar refractivity (Wildman–Crippen MR) is 69.2 cm³/mol. The van der Waals surface area contributed by atoms with Crippen molar-refractivity contribution in [3.05, 3.63) is 21.9 Å². The molecule has 6 nitrogen and oxygen atoms in total. The highest BCUT2D eigenvalue weighted by molar-refractivity contribution is 7.08. The molecule has 1 amide bonds. The zero-order valence-corrected chi connectivity index (χ0v) is 11.5. The van der Waals surface area contributed by atoms with Gasteiger partial charge < -0.3 is 15.2 Å². The number of carbonyl (C=O) groups is 3. The van der Waals surface area contributed by atoms with Crippen LogP contribution < -0.4 is 5.32 Å². The molecule has 0 radical (unpaired) electrons. The smallest absolute Gasteiger partial charge is 0.326 e. The van der Waals surface area contributed by atoms with Crippen LogP contribution in [0.5, 0.6) is 0 Å². The Hall–Kier alpha value is -1.89. The quantitative estimate of drug-likeness (QED) is 0.766. The van der Waals surface area contributed by atoms with Crippen LogP contribution in [0.2, 0.25) is 0 Å². The number of aryl methyl sites for hydroxylation is 1. The number of nitrogens with one attached hydrogen (secondary N) is 1. The van der Waals surface area contributed by atoms with Crippen molar-refractivity contribution in [2.45, 2.75) is 25.8 Å². The van der Waals surface area contributed by atoms with Crippen LogP contribution in [0, 0.1) is 6.92 Å². The molecular formula is C12H15NO5S. The average molecular weight is 285 g/mol. The maximum absolute atomic E-state index is 11.9. The summed E-state index contributed by atoms with van der Waals surface area (Å²) in [4.78, 5) is 33.9. The molecule has 2 N–H and O–H groups in total. The third-order valence-electron chi connectivity index (χ3n) is 2.57. The van der Waals surface area contributed by atoms with E-state index in [9.17, 15) is 14.4 Å². The fraction of sp³-hybridized carbons (Fsp3) is 0.417. The third kappa shape index (κ3) is 4.36. The van der Waals surface area contributed by atoms with E-state index in [1.54, 1.807) is 17.7 Å². The summed E-state index contributed by atoms with van der Waals surface area (Å²) in [6.07, 6.45) is -0.0622. The van der Waals surface area contributed by atoms with E-state index < -0.39 is 23.9 Å². The van der Waals surface area contributed by atoms with Crippen molar-refractivity contribution in [2.24, 2.45) is 0 Å². The molecule has 0 bridgehead atoms. The van der Waals surface area contributed by atoms with Crippen LogP contribution in [-0.2, 0) is 14.3 Å². The normalized spacial score (nSPS) is 11.7. The molecule has 1 aromatic heterocycles. The first kappa shape index (κ1) is 15.2. The summed E-state index contributed by atoms with van der Waals surface area (Å²) < 4.78 is 4.43. The number of methoxy groups -OCH3 is 1. The molecule has 1 aromatic rings. The second-order valence-electron chi connectivity index (χ2n) is 3.95. The topological polar surface area (TPSA) is 92.7 Å². The van der Waals surface area contributed by atoms with Crippen LogP contribution in [0.3, 0.4) is 0 Å². The molecular weight excluding hydrogens is 270 g/mol. The van der Waals surface area contributed by atoms with Crippen molar-refractivity contribution in [1.29, 1.82) is 0 Å². The minimum atomic E-state index is -1.18. The van der Waals surface area contributed by atoms with Gasteiger partial charge in [0.05, 0.1) is 12.7 Å². The van der Waals surface area contributed by atoms with Crippen molar-refractivity contribution >= 4 is 29.2 Å². The Labute approximate surface area is 114 Å². The lowest BCUT2D eigenvalue weighted by molar-refractivity contribution is -0.142. The van der Waals surface area contributed by atoms with Gasteiger partial charge in [-0.25, -0.2) is 4.79 Å². The number of esters is 1. The fourth-order valence-electron chi connectivity index (χ4n) is 1.45. The molecule has 0 saturated heterocycles. The van der Waals surface area contributed by atoms with E-state index in [-0.39, 0.29) is 12.8 Å². The number of aliphatic carboxylic acids is 1. The van der Waals surface area contributed by atoms with Gasteiger partial charge in [0.25, 0.3) is 5.91 Å². The van der Waals surface area contributed by atoms with E-state index in [1.165, 1.54) is 18.4 Å². The van der Waals surface area contributed by atoms with Gasteiger partial charge in [0.2, 0.25) is 0 Å². The molecule has 0 saturated carbocycles. The summed E-state index contributed by atoms with van der Waals surface area (Å²) in [6.45, 7) is 1.77. The molecule has 19 heavy (non-hydrogen) atoms. The van der Waals surface area contributed by atoms with Crippen LogP contribution in [0.15, 0.2) is 10.8 Å². The molecule has 0 aliphatic carbocycles. The zero-order chi connectivity index (χ0) is 14.4. The van der Waals surface area contributed by atoms with E-state index in [0.29, 0.717) is 5.56 Å². The summed E-state index contributed by atoms with van der Waals surface area (Å²) >= 11 is 1.37. The molecule has 7 heteroatoms. The third-order valence-corrected chi connectivity index (χ3v) is 3.43. The van der Waals surface area contributed by atoms with E-state index >= 15 is 0 Å². The van der Waals surface area contributed by atoms with Gasteiger partial charge in [-0.3, -0.25) is 9.59 Å². The van der Waals surface area contributed by atoms with Gasteiger partial charge in [-0.15, -0.1) is 0 Å². The van der Waals surface area contributed by atoms with Crippen LogP contribution in [0.25, 0.3) is 0 Å². The van der Waals surface area contributed by atoms with Crippen molar-refractivity contribution < 1.29 is 24.2 Å². The first-order chi connectivity index (χ1) is 8.95. The molecule has 104 valence electrons. The lowest BCUT2D eigenvalue weighted by Gasteiger charge is -2.13. The van der Waals surface area contributed by atoms with Crippen LogP contribution in [-0.4, -0.2) is 36.1 Å². The van der Waals surface area contributed by atoms with Crippen LogP contribution in [0.4, 0.5) is 0 Å². The Morgan fingerprint density at radius 1 is 1.42 bits per heavy atom. The van der Waals surface area contributed by atoms with Crippen LogP contribution in [0.1, 0.15) is 28.8 Å². The number of carbonyl (C=O) groups excluding carboxylic acids is 2. The molecule has 0 aliphatic rings. The molecule has 0 aliphatic heterocycles. The van der Waals surface area contributed by atoms with Gasteiger partial charge in [-0.1, -0.05) is 0 Å². The Morgan fingerprint density at radius 2 is 2.11 bits per heavy atom. The Balaban J connectivity index is 2.64. The van der Waals surface area contributed by atoms with Gasteiger partial charge in [-0.2, -0.15) is 11.3 Å². The number of thiophene rings is 1. The minimum Gasteiger partial charge on any atom is -0.480 e. The number of hydrogen-bond acceptors (Lipinski definition) is 5. The van der Waals surface area contributed by atoms with E-state index in [2.05, 4.69) is 10.1 Å². The van der Waals surface area contributed by atoms with Crippen molar-refractivity contribution in [2.75, 3.05) is 7.11 Å². The van der Waals surface area contributed by atoms with Gasteiger partial charge in [0.1, 0.15) is 6.04 Å². The molecule has 1 heterocycles. The van der Waals surface area contributed by atoms with Gasteiger partial charge in [0.15, 0.2) is 0 Å². The first-order valence-corrected chi connectivity index (χ1v) is 6.53. The van der Waals surface area contributed by atoms with Gasteiger partial charge in [0, 0.05) is 11.8 Å². The summed E-state index contributed by atoms with van der Waals surface area (Å²) in [7, 11) is 1.23. The monoisotopic (exact) mass is 285 g/mol. The number of amides is 1. The minimum absolute atomic E-state index is 0.00304.